The Hall–Kier alpha value is -2.56. The summed E-state index contributed by atoms with van der Waals surface area (Å²) in [5.41, 5.74) is 1.42. The predicted octanol–water partition coefficient (Wildman–Crippen LogP) is 5.49. The summed E-state index contributed by atoms with van der Waals surface area (Å²) in [6.45, 7) is 2.10. The number of hydrogen-bond donors (Lipinski definition) is 0. The van der Waals surface area contributed by atoms with Crippen LogP contribution in [0.1, 0.15) is 32.6 Å². The van der Waals surface area contributed by atoms with Gasteiger partial charge in [0.25, 0.3) is 0 Å². The Morgan fingerprint density at radius 1 is 1.19 bits per heavy atom. The summed E-state index contributed by atoms with van der Waals surface area (Å²) in [6.07, 6.45) is 6.65. The zero-order valence-corrected chi connectivity index (χ0v) is 22.3. The summed E-state index contributed by atoms with van der Waals surface area (Å²) in [4.78, 5) is 14.3. The van der Waals surface area contributed by atoms with E-state index < -0.39 is 21.8 Å². The highest BCUT2D eigenvalue weighted by molar-refractivity contribution is 7.98. The van der Waals surface area contributed by atoms with Crippen molar-refractivity contribution in [3.8, 4) is 5.75 Å². The Labute approximate surface area is 216 Å². The third-order valence-electron chi connectivity index (χ3n) is 6.53. The molecule has 1 heterocycles. The molecule has 4 rings (SSSR count). The van der Waals surface area contributed by atoms with E-state index in [1.54, 1.807) is 20.0 Å². The van der Waals surface area contributed by atoms with E-state index >= 15 is 0 Å². The minimum absolute atomic E-state index is 0.0246. The van der Waals surface area contributed by atoms with Gasteiger partial charge in [0.05, 0.1) is 17.2 Å². The van der Waals surface area contributed by atoms with Gasteiger partial charge >= 0.3 is 5.97 Å². The number of rotatable bonds is 9. The predicted molar refractivity (Wildman–Crippen MR) is 139 cm³/mol. The van der Waals surface area contributed by atoms with Gasteiger partial charge in [-0.1, -0.05) is 31.0 Å². The molecule has 0 amide bonds. The van der Waals surface area contributed by atoms with Crippen LogP contribution in [0.15, 0.2) is 64.3 Å². The molecule has 2 aromatic rings. The quantitative estimate of drug-likeness (QED) is 0.182. The number of ether oxygens (including phenoxy) is 2. The maximum Gasteiger partial charge on any atom is 0.370 e. The van der Waals surface area contributed by atoms with Crippen molar-refractivity contribution < 1.29 is 27.1 Å². The molecule has 7 nitrogen and oxygen atoms in total. The summed E-state index contributed by atoms with van der Waals surface area (Å²) < 4.78 is 53.4. The SMILES string of the molecule is CCOC(=O)/C(F)=C/Oc1cc2c(cc1SC)N(c1ccccc1)CC(CCC1CC1)N(C)S2(=O)=O. The summed E-state index contributed by atoms with van der Waals surface area (Å²) in [6, 6.07) is 12.6. The van der Waals surface area contributed by atoms with Gasteiger partial charge < -0.3 is 14.4 Å². The number of hydrogen-bond acceptors (Lipinski definition) is 7. The average Bonchev–Trinajstić information content (AvgIpc) is 3.72. The normalized spacial score (nSPS) is 19.9. The number of benzene rings is 2. The molecule has 2 aliphatic rings. The van der Waals surface area contributed by atoms with E-state index in [0.717, 1.165) is 18.5 Å². The molecule has 10 heteroatoms. The van der Waals surface area contributed by atoms with E-state index in [9.17, 15) is 17.6 Å². The number of likely N-dealkylation sites (N-methyl/N-ethyl adjacent to an activating group) is 1. The first kappa shape index (κ1) is 26.5. The van der Waals surface area contributed by atoms with Crippen LogP contribution >= 0.6 is 11.8 Å². The minimum Gasteiger partial charge on any atom is -0.461 e. The van der Waals surface area contributed by atoms with E-state index in [2.05, 4.69) is 4.74 Å². The highest BCUT2D eigenvalue weighted by Crippen LogP contribution is 2.44. The van der Waals surface area contributed by atoms with Crippen molar-refractivity contribution in [3.05, 3.63) is 54.6 Å². The number of esters is 1. The lowest BCUT2D eigenvalue weighted by Gasteiger charge is -2.29. The molecule has 0 aromatic heterocycles. The Bertz CT molecular complexity index is 1230. The fourth-order valence-corrected chi connectivity index (χ4v) is 6.40. The van der Waals surface area contributed by atoms with Crippen molar-refractivity contribution in [3.63, 3.8) is 0 Å². The first-order valence-electron chi connectivity index (χ1n) is 12.0. The lowest BCUT2D eigenvalue weighted by atomic mass is 10.1. The molecular formula is C26H31FN2O5S2. The average molecular weight is 535 g/mol. The maximum atomic E-state index is 14.1. The molecule has 0 bridgehead atoms. The van der Waals surface area contributed by atoms with E-state index in [4.69, 9.17) is 4.74 Å². The molecule has 0 N–H and O–H groups in total. The molecule has 194 valence electrons. The van der Waals surface area contributed by atoms with Crippen LogP contribution in [-0.2, 0) is 19.6 Å². The Morgan fingerprint density at radius 2 is 1.92 bits per heavy atom. The van der Waals surface area contributed by atoms with Gasteiger partial charge in [0, 0.05) is 31.4 Å². The molecule has 1 atom stereocenters. The third kappa shape index (κ3) is 5.71. The van der Waals surface area contributed by atoms with Crippen LogP contribution in [0.3, 0.4) is 0 Å². The van der Waals surface area contributed by atoms with Crippen molar-refractivity contribution in [2.24, 2.45) is 5.92 Å². The second-order valence-corrected chi connectivity index (χ2v) is 11.7. The van der Waals surface area contributed by atoms with Crippen molar-refractivity contribution >= 4 is 39.1 Å². The standard InChI is InChI=1S/C26H31FN2O5S2/c1-4-33-26(30)21(27)17-34-23-15-25-22(14-24(23)35-3)29(19-8-6-5-7-9-19)16-20(13-12-18-10-11-18)28(2)36(25,31)32/h5-9,14-15,17-18,20H,4,10-13,16H2,1-3H3/b21-17-. The van der Waals surface area contributed by atoms with Gasteiger partial charge in [0.2, 0.25) is 15.9 Å². The van der Waals surface area contributed by atoms with Crippen LogP contribution in [0.25, 0.3) is 0 Å². The van der Waals surface area contributed by atoms with Crippen molar-refractivity contribution in [2.75, 3.05) is 31.4 Å². The molecular weight excluding hydrogens is 503 g/mol. The highest BCUT2D eigenvalue weighted by atomic mass is 32.2. The number of thioether (sulfide) groups is 1. The molecule has 0 radical (unpaired) electrons. The smallest absolute Gasteiger partial charge is 0.370 e. The van der Waals surface area contributed by atoms with Gasteiger partial charge in [0.15, 0.2) is 0 Å². The van der Waals surface area contributed by atoms with Gasteiger partial charge in [-0.3, -0.25) is 0 Å². The van der Waals surface area contributed by atoms with Crippen molar-refractivity contribution in [1.82, 2.24) is 4.31 Å². The molecule has 0 saturated heterocycles. The first-order valence-corrected chi connectivity index (χ1v) is 14.6. The monoisotopic (exact) mass is 534 g/mol. The minimum atomic E-state index is -3.89. The van der Waals surface area contributed by atoms with Crippen LogP contribution in [0, 0.1) is 5.92 Å². The molecule has 1 aliphatic heterocycles. The molecule has 1 aliphatic carbocycles. The van der Waals surface area contributed by atoms with Gasteiger partial charge in [-0.2, -0.15) is 8.70 Å². The number of fused-ring (bicyclic) bond motifs is 1. The second kappa shape index (κ2) is 11.2. The largest absolute Gasteiger partial charge is 0.461 e. The fraction of sp³-hybridized carbons (Fsp3) is 0.423. The molecule has 36 heavy (non-hydrogen) atoms. The summed E-state index contributed by atoms with van der Waals surface area (Å²) in [5.74, 6) is -1.52. The van der Waals surface area contributed by atoms with Gasteiger partial charge in [-0.05, 0) is 50.1 Å². The topological polar surface area (TPSA) is 76.2 Å². The van der Waals surface area contributed by atoms with Crippen LogP contribution < -0.4 is 9.64 Å². The first-order chi connectivity index (χ1) is 17.3. The van der Waals surface area contributed by atoms with Crippen LogP contribution in [0.2, 0.25) is 0 Å². The summed E-state index contributed by atoms with van der Waals surface area (Å²) >= 11 is 1.34. The number of para-hydroxylation sites is 1. The third-order valence-corrected chi connectivity index (χ3v) is 9.23. The van der Waals surface area contributed by atoms with Crippen molar-refractivity contribution in [2.45, 2.75) is 48.4 Å². The van der Waals surface area contributed by atoms with E-state index in [1.807, 2.05) is 41.5 Å². The maximum absolute atomic E-state index is 14.1. The Morgan fingerprint density at radius 3 is 2.56 bits per heavy atom. The van der Waals surface area contributed by atoms with Gasteiger partial charge in [0.1, 0.15) is 16.9 Å². The molecule has 1 saturated carbocycles. The molecule has 2 aromatic carbocycles. The fourth-order valence-electron chi connectivity index (χ4n) is 4.30. The lowest BCUT2D eigenvalue weighted by molar-refractivity contribution is -0.140. The van der Waals surface area contributed by atoms with Crippen molar-refractivity contribution in [1.29, 1.82) is 0 Å². The zero-order chi connectivity index (χ0) is 25.9. The molecule has 1 unspecified atom stereocenters. The number of halogens is 1. The number of sulfonamides is 1. The highest BCUT2D eigenvalue weighted by Gasteiger charge is 2.38. The van der Waals surface area contributed by atoms with Crippen LogP contribution in [0.5, 0.6) is 5.75 Å². The molecule has 0 spiro atoms. The van der Waals surface area contributed by atoms with Gasteiger partial charge in [-0.25, -0.2) is 13.2 Å². The number of anilines is 2. The molecule has 1 fully saturated rings. The van der Waals surface area contributed by atoms with Crippen LogP contribution in [-0.4, -0.2) is 51.2 Å². The van der Waals surface area contributed by atoms with Gasteiger partial charge in [-0.15, -0.1) is 11.8 Å². The number of carbonyl (C=O) groups is 1. The number of nitrogens with zero attached hydrogens (tertiary/aromatic N) is 2. The summed E-state index contributed by atoms with van der Waals surface area (Å²) in [7, 11) is -2.27. The van der Waals surface area contributed by atoms with E-state index in [1.165, 1.54) is 35.0 Å². The Balaban J connectivity index is 1.79. The van der Waals surface area contributed by atoms with E-state index in [0.29, 0.717) is 29.3 Å². The zero-order valence-electron chi connectivity index (χ0n) is 20.6. The van der Waals surface area contributed by atoms with E-state index in [-0.39, 0.29) is 23.3 Å². The second-order valence-electron chi connectivity index (χ2n) is 8.92. The number of carbonyl (C=O) groups excluding carboxylic acids is 1. The lowest BCUT2D eigenvalue weighted by Crippen LogP contribution is -2.40. The Kier molecular flexibility index (Phi) is 8.27. The summed E-state index contributed by atoms with van der Waals surface area (Å²) in [5, 5.41) is 0. The van der Waals surface area contributed by atoms with Crippen LogP contribution in [0.4, 0.5) is 15.8 Å².